The Labute approximate surface area is 125 Å². The van der Waals surface area contributed by atoms with Crippen molar-refractivity contribution in [3.63, 3.8) is 0 Å². The molecule has 114 valence electrons. The number of methoxy groups -OCH3 is 1. The quantitative estimate of drug-likeness (QED) is 0.572. The number of nitrogens with zero attached hydrogens (tertiary/aromatic N) is 3. The molecule has 0 saturated carbocycles. The van der Waals surface area contributed by atoms with E-state index >= 15 is 0 Å². The second-order valence-electron chi connectivity index (χ2n) is 4.93. The Morgan fingerprint density at radius 2 is 2.14 bits per heavy atom. The van der Waals surface area contributed by atoms with Crippen LogP contribution in [0, 0.1) is 0 Å². The maximum absolute atomic E-state index is 5.76. The summed E-state index contributed by atoms with van der Waals surface area (Å²) in [6, 6.07) is 4.05. The molecular formula is C15H23N5O. The summed E-state index contributed by atoms with van der Waals surface area (Å²) < 4.78 is 7.39. The molecule has 21 heavy (non-hydrogen) atoms. The van der Waals surface area contributed by atoms with Gasteiger partial charge < -0.3 is 4.74 Å². The van der Waals surface area contributed by atoms with Gasteiger partial charge in [-0.3, -0.25) is 20.9 Å². The van der Waals surface area contributed by atoms with E-state index in [9.17, 15) is 0 Å². The molecule has 0 spiro atoms. The Morgan fingerprint density at radius 3 is 2.76 bits per heavy atom. The van der Waals surface area contributed by atoms with Gasteiger partial charge in [-0.25, -0.2) is 0 Å². The SMILES string of the molecule is CCCn1ncc(OC)c1C(CCc1ccncc1)NN. The molecule has 0 amide bonds. The molecule has 2 aromatic rings. The summed E-state index contributed by atoms with van der Waals surface area (Å²) >= 11 is 0. The number of hydrogen-bond donors (Lipinski definition) is 2. The van der Waals surface area contributed by atoms with Crippen LogP contribution < -0.4 is 16.0 Å². The molecule has 0 aliphatic rings. The topological polar surface area (TPSA) is 78.0 Å². The summed E-state index contributed by atoms with van der Waals surface area (Å²) in [5, 5.41) is 4.39. The average Bonchev–Trinajstić information content (AvgIpc) is 2.92. The first-order valence-electron chi connectivity index (χ1n) is 7.24. The molecule has 0 fully saturated rings. The number of hydrazine groups is 1. The summed E-state index contributed by atoms with van der Waals surface area (Å²) in [5.74, 6) is 6.54. The lowest BCUT2D eigenvalue weighted by atomic mass is 10.0. The van der Waals surface area contributed by atoms with Crippen molar-refractivity contribution in [2.75, 3.05) is 7.11 Å². The molecule has 1 unspecified atom stereocenters. The number of aromatic nitrogens is 3. The van der Waals surface area contributed by atoms with Crippen molar-refractivity contribution in [2.24, 2.45) is 5.84 Å². The van der Waals surface area contributed by atoms with Gasteiger partial charge in [0.05, 0.1) is 25.0 Å². The van der Waals surface area contributed by atoms with Gasteiger partial charge in [0, 0.05) is 18.9 Å². The van der Waals surface area contributed by atoms with E-state index in [4.69, 9.17) is 10.6 Å². The Bertz CT molecular complexity index is 540. The van der Waals surface area contributed by atoms with Crippen LogP contribution in [0.4, 0.5) is 0 Å². The molecule has 0 aliphatic heterocycles. The van der Waals surface area contributed by atoms with Crippen LogP contribution in [-0.4, -0.2) is 21.9 Å². The predicted molar refractivity (Wildman–Crippen MR) is 81.7 cm³/mol. The minimum absolute atomic E-state index is 0.00200. The molecule has 6 nitrogen and oxygen atoms in total. The minimum Gasteiger partial charge on any atom is -0.493 e. The van der Waals surface area contributed by atoms with E-state index in [1.165, 1.54) is 5.56 Å². The zero-order valence-corrected chi connectivity index (χ0v) is 12.6. The number of hydrogen-bond acceptors (Lipinski definition) is 5. The molecule has 3 N–H and O–H groups in total. The van der Waals surface area contributed by atoms with Gasteiger partial charge in [-0.2, -0.15) is 5.10 Å². The van der Waals surface area contributed by atoms with Crippen molar-refractivity contribution in [3.8, 4) is 5.75 Å². The summed E-state index contributed by atoms with van der Waals surface area (Å²) in [5.41, 5.74) is 5.14. The monoisotopic (exact) mass is 289 g/mol. The Balaban J connectivity index is 2.14. The lowest BCUT2D eigenvalue weighted by Crippen LogP contribution is -2.30. The molecule has 2 aromatic heterocycles. The normalized spacial score (nSPS) is 12.3. The third kappa shape index (κ3) is 3.80. The van der Waals surface area contributed by atoms with Crippen LogP contribution in [0.25, 0.3) is 0 Å². The molecule has 0 aliphatic carbocycles. The molecule has 2 heterocycles. The van der Waals surface area contributed by atoms with E-state index in [1.807, 2.05) is 29.2 Å². The van der Waals surface area contributed by atoms with Crippen molar-refractivity contribution in [1.82, 2.24) is 20.2 Å². The van der Waals surface area contributed by atoms with Crippen molar-refractivity contribution in [3.05, 3.63) is 42.0 Å². The van der Waals surface area contributed by atoms with Crippen LogP contribution >= 0.6 is 0 Å². The van der Waals surface area contributed by atoms with Crippen LogP contribution in [0.5, 0.6) is 5.75 Å². The maximum Gasteiger partial charge on any atom is 0.161 e. The summed E-state index contributed by atoms with van der Waals surface area (Å²) in [4.78, 5) is 4.03. The second kappa shape index (κ2) is 7.75. The van der Waals surface area contributed by atoms with Gasteiger partial charge in [-0.05, 0) is 37.0 Å². The lowest BCUT2D eigenvalue weighted by Gasteiger charge is -2.19. The van der Waals surface area contributed by atoms with Crippen LogP contribution in [0.1, 0.15) is 37.1 Å². The summed E-state index contributed by atoms with van der Waals surface area (Å²) in [6.07, 6.45) is 8.16. The maximum atomic E-state index is 5.76. The fraction of sp³-hybridized carbons (Fsp3) is 0.467. The highest BCUT2D eigenvalue weighted by molar-refractivity contribution is 5.28. The minimum atomic E-state index is 0.00200. The first-order valence-corrected chi connectivity index (χ1v) is 7.24. The number of nitrogens with two attached hydrogens (primary N) is 1. The number of rotatable bonds is 8. The molecular weight excluding hydrogens is 266 g/mol. The third-order valence-corrected chi connectivity index (χ3v) is 3.50. The van der Waals surface area contributed by atoms with Crippen molar-refractivity contribution in [2.45, 2.75) is 38.8 Å². The highest BCUT2D eigenvalue weighted by atomic mass is 16.5. The molecule has 0 bridgehead atoms. The predicted octanol–water partition coefficient (Wildman–Crippen LogP) is 1.83. The van der Waals surface area contributed by atoms with Gasteiger partial charge >= 0.3 is 0 Å². The first-order chi connectivity index (χ1) is 10.3. The second-order valence-corrected chi connectivity index (χ2v) is 4.93. The van der Waals surface area contributed by atoms with Crippen LogP contribution in [0.3, 0.4) is 0 Å². The van der Waals surface area contributed by atoms with E-state index in [0.717, 1.165) is 37.3 Å². The fourth-order valence-electron chi connectivity index (χ4n) is 2.44. The number of nitrogens with one attached hydrogen (secondary N) is 1. The smallest absolute Gasteiger partial charge is 0.161 e. The molecule has 0 saturated heterocycles. The van der Waals surface area contributed by atoms with Gasteiger partial charge in [0.2, 0.25) is 0 Å². The Kier molecular flexibility index (Phi) is 5.71. The van der Waals surface area contributed by atoms with E-state index in [0.29, 0.717) is 0 Å². The molecule has 0 aromatic carbocycles. The first kappa shape index (κ1) is 15.5. The summed E-state index contributed by atoms with van der Waals surface area (Å²) in [6.45, 7) is 2.98. The molecule has 2 rings (SSSR count). The number of aryl methyl sites for hydroxylation is 2. The Hall–Kier alpha value is -1.92. The zero-order chi connectivity index (χ0) is 15.1. The van der Waals surface area contributed by atoms with E-state index in [-0.39, 0.29) is 6.04 Å². The van der Waals surface area contributed by atoms with Crippen LogP contribution in [-0.2, 0) is 13.0 Å². The highest BCUT2D eigenvalue weighted by Gasteiger charge is 2.20. The standard InChI is InChI=1S/C15H23N5O/c1-3-10-20-15(14(21-2)11-18-20)13(19-16)5-4-12-6-8-17-9-7-12/h6-9,11,13,19H,3-5,10,16H2,1-2H3. The Morgan fingerprint density at radius 1 is 1.38 bits per heavy atom. The van der Waals surface area contributed by atoms with E-state index in [1.54, 1.807) is 13.3 Å². The molecule has 6 heteroatoms. The van der Waals surface area contributed by atoms with E-state index < -0.39 is 0 Å². The lowest BCUT2D eigenvalue weighted by molar-refractivity contribution is 0.385. The fourth-order valence-corrected chi connectivity index (χ4v) is 2.44. The number of ether oxygens (including phenoxy) is 1. The van der Waals surface area contributed by atoms with Crippen LogP contribution in [0.15, 0.2) is 30.7 Å². The van der Waals surface area contributed by atoms with Gasteiger partial charge in [-0.15, -0.1) is 0 Å². The van der Waals surface area contributed by atoms with Crippen molar-refractivity contribution >= 4 is 0 Å². The van der Waals surface area contributed by atoms with Gasteiger partial charge in [0.1, 0.15) is 0 Å². The van der Waals surface area contributed by atoms with Crippen molar-refractivity contribution in [1.29, 1.82) is 0 Å². The van der Waals surface area contributed by atoms with Gasteiger partial charge in [0.25, 0.3) is 0 Å². The molecule has 1 atom stereocenters. The van der Waals surface area contributed by atoms with Crippen molar-refractivity contribution < 1.29 is 4.74 Å². The third-order valence-electron chi connectivity index (χ3n) is 3.50. The average molecular weight is 289 g/mol. The zero-order valence-electron chi connectivity index (χ0n) is 12.6. The van der Waals surface area contributed by atoms with Gasteiger partial charge in [0.15, 0.2) is 5.75 Å². The largest absolute Gasteiger partial charge is 0.493 e. The number of pyridine rings is 1. The highest BCUT2D eigenvalue weighted by Crippen LogP contribution is 2.27. The van der Waals surface area contributed by atoms with Gasteiger partial charge in [-0.1, -0.05) is 6.92 Å². The molecule has 0 radical (unpaired) electrons. The summed E-state index contributed by atoms with van der Waals surface area (Å²) in [7, 11) is 1.66. The van der Waals surface area contributed by atoms with Crippen LogP contribution in [0.2, 0.25) is 0 Å². The van der Waals surface area contributed by atoms with E-state index in [2.05, 4.69) is 22.4 Å².